The molecule has 0 unspecified atom stereocenters. The number of hydrogen-bond donors (Lipinski definition) is 3. The van der Waals surface area contributed by atoms with Crippen molar-refractivity contribution in [3.8, 4) is 0 Å². The SMILES string of the molecule is NC(=O)c1c(NC(=O)C[NH+]2CCCCCCC2)sc2c1CCC2. The predicted molar refractivity (Wildman–Crippen MR) is 92.1 cm³/mol. The van der Waals surface area contributed by atoms with Gasteiger partial charge >= 0.3 is 0 Å². The molecule has 1 saturated heterocycles. The third-order valence-corrected chi connectivity index (χ3v) is 6.10. The second-order valence-corrected chi connectivity index (χ2v) is 7.77. The number of thiophene rings is 1. The third-order valence-electron chi connectivity index (χ3n) is 4.89. The molecule has 2 amide bonds. The van der Waals surface area contributed by atoms with Crippen LogP contribution >= 0.6 is 11.3 Å². The summed E-state index contributed by atoms with van der Waals surface area (Å²) in [6.45, 7) is 2.62. The van der Waals surface area contributed by atoms with Crippen LogP contribution in [-0.2, 0) is 17.6 Å². The molecule has 0 radical (unpaired) electrons. The Labute approximate surface area is 141 Å². The lowest BCUT2D eigenvalue weighted by atomic mass is 10.1. The molecule has 1 fully saturated rings. The summed E-state index contributed by atoms with van der Waals surface area (Å²) in [5.74, 6) is -0.415. The van der Waals surface area contributed by atoms with Crippen LogP contribution in [0.1, 0.15) is 59.3 Å². The molecule has 0 atom stereocenters. The number of amides is 2. The number of anilines is 1. The van der Waals surface area contributed by atoms with E-state index in [2.05, 4.69) is 5.32 Å². The maximum absolute atomic E-state index is 12.4. The highest BCUT2D eigenvalue weighted by Crippen LogP contribution is 2.38. The number of nitrogens with one attached hydrogen (secondary N) is 2. The van der Waals surface area contributed by atoms with E-state index in [9.17, 15) is 9.59 Å². The molecular formula is C17H26N3O2S+. The van der Waals surface area contributed by atoms with Gasteiger partial charge in [0.1, 0.15) is 5.00 Å². The number of rotatable bonds is 4. The summed E-state index contributed by atoms with van der Waals surface area (Å²) in [5.41, 5.74) is 7.16. The molecule has 5 nitrogen and oxygen atoms in total. The van der Waals surface area contributed by atoms with E-state index in [1.807, 2.05) is 0 Å². The van der Waals surface area contributed by atoms with Crippen LogP contribution < -0.4 is 16.0 Å². The first kappa shape index (κ1) is 16.5. The van der Waals surface area contributed by atoms with Crippen molar-refractivity contribution in [1.29, 1.82) is 0 Å². The standard InChI is InChI=1S/C17H25N3O2S/c18-16(22)15-12-7-6-8-13(12)23-17(15)19-14(21)11-20-9-4-2-1-3-5-10-20/h1-11H2,(H2,18,22)(H,19,21)/p+1. The summed E-state index contributed by atoms with van der Waals surface area (Å²) in [7, 11) is 0. The zero-order valence-corrected chi connectivity index (χ0v) is 14.4. The largest absolute Gasteiger partial charge is 0.365 e. The fourth-order valence-corrected chi connectivity index (χ4v) is 5.04. The van der Waals surface area contributed by atoms with Crippen molar-refractivity contribution >= 4 is 28.2 Å². The number of fused-ring (bicyclic) bond motifs is 1. The molecule has 0 aromatic carbocycles. The third kappa shape index (κ3) is 3.93. The Morgan fingerprint density at radius 3 is 2.43 bits per heavy atom. The van der Waals surface area contributed by atoms with E-state index in [0.717, 1.165) is 37.9 Å². The van der Waals surface area contributed by atoms with Crippen LogP contribution in [0.15, 0.2) is 0 Å². The fourth-order valence-electron chi connectivity index (χ4n) is 3.73. The zero-order chi connectivity index (χ0) is 16.2. The van der Waals surface area contributed by atoms with Gasteiger partial charge in [-0.1, -0.05) is 6.42 Å². The summed E-state index contributed by atoms with van der Waals surface area (Å²) >= 11 is 1.53. The van der Waals surface area contributed by atoms with Gasteiger partial charge in [0, 0.05) is 4.88 Å². The van der Waals surface area contributed by atoms with Crippen LogP contribution in [0.3, 0.4) is 0 Å². The molecule has 126 valence electrons. The highest BCUT2D eigenvalue weighted by molar-refractivity contribution is 7.17. The van der Waals surface area contributed by atoms with Gasteiger partial charge < -0.3 is 16.0 Å². The average molecular weight is 336 g/mol. The first-order chi connectivity index (χ1) is 11.1. The summed E-state index contributed by atoms with van der Waals surface area (Å²) in [6.07, 6.45) is 9.23. The molecular weight excluding hydrogens is 310 g/mol. The van der Waals surface area contributed by atoms with Crippen molar-refractivity contribution in [2.75, 3.05) is 25.0 Å². The minimum absolute atomic E-state index is 0.00277. The van der Waals surface area contributed by atoms with Gasteiger partial charge in [-0.3, -0.25) is 9.59 Å². The van der Waals surface area contributed by atoms with Crippen LogP contribution in [0.25, 0.3) is 0 Å². The first-order valence-corrected chi connectivity index (χ1v) is 9.54. The van der Waals surface area contributed by atoms with Crippen LogP contribution in [0.2, 0.25) is 0 Å². The smallest absolute Gasteiger partial charge is 0.280 e. The van der Waals surface area contributed by atoms with Gasteiger partial charge in [0.2, 0.25) is 0 Å². The molecule has 1 aromatic rings. The van der Waals surface area contributed by atoms with Gasteiger partial charge in [-0.2, -0.15) is 0 Å². The number of hydrogen-bond acceptors (Lipinski definition) is 3. The molecule has 0 spiro atoms. The monoisotopic (exact) mass is 336 g/mol. The Morgan fingerprint density at radius 2 is 1.74 bits per heavy atom. The van der Waals surface area contributed by atoms with E-state index < -0.39 is 5.91 Å². The van der Waals surface area contributed by atoms with Crippen molar-refractivity contribution in [1.82, 2.24) is 0 Å². The van der Waals surface area contributed by atoms with E-state index in [4.69, 9.17) is 5.73 Å². The Balaban J connectivity index is 1.64. The quantitative estimate of drug-likeness (QED) is 0.771. The lowest BCUT2D eigenvalue weighted by molar-refractivity contribution is -0.892. The number of aryl methyl sites for hydroxylation is 1. The molecule has 1 aromatic heterocycles. The van der Waals surface area contributed by atoms with Gasteiger partial charge in [0.15, 0.2) is 6.54 Å². The molecule has 23 heavy (non-hydrogen) atoms. The maximum Gasteiger partial charge on any atom is 0.280 e. The highest BCUT2D eigenvalue weighted by Gasteiger charge is 2.26. The van der Waals surface area contributed by atoms with Gasteiger partial charge in [-0.05, 0) is 50.5 Å². The minimum Gasteiger partial charge on any atom is -0.365 e. The molecule has 3 rings (SSSR count). The van der Waals surface area contributed by atoms with Crippen molar-refractivity contribution < 1.29 is 14.5 Å². The van der Waals surface area contributed by atoms with Crippen molar-refractivity contribution in [2.24, 2.45) is 5.73 Å². The summed E-state index contributed by atoms with van der Waals surface area (Å²) in [6, 6.07) is 0. The van der Waals surface area contributed by atoms with E-state index in [0.29, 0.717) is 17.1 Å². The summed E-state index contributed by atoms with van der Waals surface area (Å²) in [5, 5.41) is 3.63. The lowest BCUT2D eigenvalue weighted by Crippen LogP contribution is -3.13. The molecule has 6 heteroatoms. The Morgan fingerprint density at radius 1 is 1.04 bits per heavy atom. The van der Waals surface area contributed by atoms with Crippen LogP contribution in [0.4, 0.5) is 5.00 Å². The Hall–Kier alpha value is -1.40. The number of primary amides is 1. The average Bonchev–Trinajstić information content (AvgIpc) is 3.01. The minimum atomic E-state index is -0.418. The van der Waals surface area contributed by atoms with Gasteiger partial charge in [0.05, 0.1) is 18.7 Å². The number of carbonyl (C=O) groups excluding carboxylic acids is 2. The summed E-state index contributed by atoms with van der Waals surface area (Å²) < 4.78 is 0. The van der Waals surface area contributed by atoms with E-state index in [1.54, 1.807) is 0 Å². The molecule has 1 aliphatic heterocycles. The van der Waals surface area contributed by atoms with Gasteiger partial charge in [-0.15, -0.1) is 11.3 Å². The fraction of sp³-hybridized carbons (Fsp3) is 0.647. The predicted octanol–water partition coefficient (Wildman–Crippen LogP) is 1.12. The maximum atomic E-state index is 12.4. The lowest BCUT2D eigenvalue weighted by Gasteiger charge is -2.21. The van der Waals surface area contributed by atoms with Gasteiger partial charge in [0.25, 0.3) is 11.8 Å². The van der Waals surface area contributed by atoms with E-state index in [-0.39, 0.29) is 5.91 Å². The zero-order valence-electron chi connectivity index (χ0n) is 13.6. The molecule has 2 heterocycles. The van der Waals surface area contributed by atoms with Crippen molar-refractivity contribution in [3.63, 3.8) is 0 Å². The molecule has 2 aliphatic rings. The topological polar surface area (TPSA) is 76.6 Å². The molecule has 0 bridgehead atoms. The van der Waals surface area contributed by atoms with E-state index >= 15 is 0 Å². The van der Waals surface area contributed by atoms with Gasteiger partial charge in [-0.25, -0.2) is 0 Å². The Bertz CT molecular complexity index is 589. The van der Waals surface area contributed by atoms with Crippen LogP contribution in [-0.4, -0.2) is 31.4 Å². The molecule has 0 saturated carbocycles. The normalized spacial score (nSPS) is 19.0. The highest BCUT2D eigenvalue weighted by atomic mass is 32.1. The summed E-state index contributed by atoms with van der Waals surface area (Å²) in [4.78, 5) is 26.7. The van der Waals surface area contributed by atoms with Crippen molar-refractivity contribution in [3.05, 3.63) is 16.0 Å². The first-order valence-electron chi connectivity index (χ1n) is 8.73. The molecule has 4 N–H and O–H groups in total. The number of nitrogens with two attached hydrogens (primary N) is 1. The number of quaternary nitrogens is 1. The Kier molecular flexibility index (Phi) is 5.33. The van der Waals surface area contributed by atoms with Crippen LogP contribution in [0, 0.1) is 0 Å². The second kappa shape index (κ2) is 7.45. The molecule has 1 aliphatic carbocycles. The van der Waals surface area contributed by atoms with Crippen molar-refractivity contribution in [2.45, 2.75) is 51.4 Å². The second-order valence-electron chi connectivity index (χ2n) is 6.67. The van der Waals surface area contributed by atoms with E-state index in [1.165, 1.54) is 53.2 Å². The number of likely N-dealkylation sites (tertiary alicyclic amines) is 1. The number of carbonyl (C=O) groups is 2. The van der Waals surface area contributed by atoms with Crippen LogP contribution in [0.5, 0.6) is 0 Å².